The van der Waals surface area contributed by atoms with Crippen molar-refractivity contribution in [3.05, 3.63) is 46.1 Å². The van der Waals surface area contributed by atoms with Gasteiger partial charge in [-0.2, -0.15) is 5.26 Å². The van der Waals surface area contributed by atoms with Crippen LogP contribution in [0.3, 0.4) is 0 Å². The quantitative estimate of drug-likeness (QED) is 0.852. The molecule has 0 saturated heterocycles. The lowest BCUT2D eigenvalue weighted by Gasteiger charge is -2.08. The molecule has 18 heavy (non-hydrogen) atoms. The smallest absolute Gasteiger partial charge is 0.220 e. The van der Waals surface area contributed by atoms with Gasteiger partial charge in [0.05, 0.1) is 27.4 Å². The molecule has 2 aromatic rings. The van der Waals surface area contributed by atoms with Crippen LogP contribution in [0.15, 0.2) is 30.5 Å². The first-order valence-corrected chi connectivity index (χ1v) is 5.64. The number of rotatable bonds is 2. The number of anilines is 1. The van der Waals surface area contributed by atoms with Crippen molar-refractivity contribution in [2.45, 2.75) is 0 Å². The van der Waals surface area contributed by atoms with Crippen molar-refractivity contribution >= 4 is 28.9 Å². The lowest BCUT2D eigenvalue weighted by atomic mass is 10.3. The Kier molecular flexibility index (Phi) is 3.56. The first kappa shape index (κ1) is 12.5. The van der Waals surface area contributed by atoms with Crippen LogP contribution >= 0.6 is 23.2 Å². The van der Waals surface area contributed by atoms with Gasteiger partial charge in [-0.15, -0.1) is 0 Å². The van der Waals surface area contributed by atoms with Crippen LogP contribution in [-0.2, 0) is 0 Å². The van der Waals surface area contributed by atoms with Crippen LogP contribution < -0.4 is 10.5 Å². The molecular weight excluding hydrogens is 273 g/mol. The minimum atomic E-state index is 0.263. The molecule has 1 aromatic carbocycles. The maximum Gasteiger partial charge on any atom is 0.220 e. The summed E-state index contributed by atoms with van der Waals surface area (Å²) >= 11 is 11.7. The molecule has 0 amide bonds. The van der Waals surface area contributed by atoms with Gasteiger partial charge < -0.3 is 10.5 Å². The fraction of sp³-hybridized carbons (Fsp3) is 0. The molecule has 2 N–H and O–H groups in total. The fourth-order valence-corrected chi connectivity index (χ4v) is 1.61. The third-order valence-electron chi connectivity index (χ3n) is 2.13. The standard InChI is InChI=1S/C12H7Cl2N3O/c13-8-4-10(16)11(5-9(8)14)18-12-3-7(6-15)1-2-17-12/h1-5H,16H2. The molecular formula is C12H7Cl2N3O. The van der Waals surface area contributed by atoms with Crippen LogP contribution in [0.5, 0.6) is 11.6 Å². The number of aromatic nitrogens is 1. The minimum absolute atomic E-state index is 0.263. The second-order valence-electron chi connectivity index (χ2n) is 3.40. The summed E-state index contributed by atoms with van der Waals surface area (Å²) in [6.45, 7) is 0. The molecule has 0 spiro atoms. The molecule has 0 bridgehead atoms. The van der Waals surface area contributed by atoms with E-state index in [1.54, 1.807) is 6.07 Å². The Balaban J connectivity index is 2.34. The van der Waals surface area contributed by atoms with E-state index in [0.29, 0.717) is 27.0 Å². The van der Waals surface area contributed by atoms with Crippen molar-refractivity contribution in [1.82, 2.24) is 4.98 Å². The molecule has 2 rings (SSSR count). The van der Waals surface area contributed by atoms with Gasteiger partial charge in [-0.1, -0.05) is 23.2 Å². The SMILES string of the molecule is N#Cc1ccnc(Oc2cc(Cl)c(Cl)cc2N)c1. The number of halogens is 2. The summed E-state index contributed by atoms with van der Waals surface area (Å²) < 4.78 is 5.46. The Labute approximate surface area is 114 Å². The second-order valence-corrected chi connectivity index (χ2v) is 4.22. The first-order chi connectivity index (χ1) is 8.60. The van der Waals surface area contributed by atoms with E-state index in [2.05, 4.69) is 4.98 Å². The maximum atomic E-state index is 8.77. The molecule has 0 unspecified atom stereocenters. The van der Waals surface area contributed by atoms with Crippen LogP contribution in [0.4, 0.5) is 5.69 Å². The molecule has 0 aliphatic rings. The highest BCUT2D eigenvalue weighted by Gasteiger charge is 2.08. The predicted molar refractivity (Wildman–Crippen MR) is 69.9 cm³/mol. The molecule has 90 valence electrons. The Bertz CT molecular complexity index is 638. The zero-order valence-electron chi connectivity index (χ0n) is 9.02. The summed E-state index contributed by atoms with van der Waals surface area (Å²) in [6, 6.07) is 8.06. The van der Waals surface area contributed by atoms with Crippen molar-refractivity contribution in [2.24, 2.45) is 0 Å². The zero-order valence-corrected chi connectivity index (χ0v) is 10.5. The number of hydrogen-bond acceptors (Lipinski definition) is 4. The van der Waals surface area contributed by atoms with E-state index in [4.69, 9.17) is 38.9 Å². The van der Waals surface area contributed by atoms with Gasteiger partial charge in [0.1, 0.15) is 0 Å². The Morgan fingerprint density at radius 3 is 2.67 bits per heavy atom. The van der Waals surface area contributed by atoms with E-state index < -0.39 is 0 Å². The Morgan fingerprint density at radius 2 is 1.94 bits per heavy atom. The molecule has 0 saturated carbocycles. The number of nitrogens with two attached hydrogens (primary N) is 1. The number of nitriles is 1. The summed E-state index contributed by atoms with van der Waals surface area (Å²) in [5, 5.41) is 9.44. The van der Waals surface area contributed by atoms with Gasteiger partial charge in [-0.3, -0.25) is 0 Å². The summed E-state index contributed by atoms with van der Waals surface area (Å²) in [4.78, 5) is 3.97. The van der Waals surface area contributed by atoms with Crippen molar-refractivity contribution in [3.8, 4) is 17.7 Å². The minimum Gasteiger partial charge on any atom is -0.437 e. The van der Waals surface area contributed by atoms with Crippen molar-refractivity contribution < 1.29 is 4.74 Å². The number of pyridine rings is 1. The van der Waals surface area contributed by atoms with Crippen LogP contribution in [0.2, 0.25) is 10.0 Å². The topological polar surface area (TPSA) is 71.9 Å². The normalized spacial score (nSPS) is 9.83. The molecule has 0 aliphatic carbocycles. The van der Waals surface area contributed by atoms with Crippen LogP contribution in [0.25, 0.3) is 0 Å². The number of hydrogen-bond donors (Lipinski definition) is 1. The second kappa shape index (κ2) is 5.13. The monoisotopic (exact) mass is 279 g/mol. The average molecular weight is 280 g/mol. The van der Waals surface area contributed by atoms with Crippen LogP contribution in [0.1, 0.15) is 5.56 Å². The van der Waals surface area contributed by atoms with E-state index in [-0.39, 0.29) is 5.88 Å². The number of benzene rings is 1. The largest absolute Gasteiger partial charge is 0.437 e. The summed E-state index contributed by atoms with van der Waals surface area (Å²) in [5.74, 6) is 0.603. The lowest BCUT2D eigenvalue weighted by molar-refractivity contribution is 0.465. The molecule has 0 fully saturated rings. The highest BCUT2D eigenvalue weighted by molar-refractivity contribution is 6.42. The van der Waals surface area contributed by atoms with E-state index in [1.165, 1.54) is 24.4 Å². The molecule has 4 nitrogen and oxygen atoms in total. The first-order valence-electron chi connectivity index (χ1n) is 4.88. The molecule has 6 heteroatoms. The van der Waals surface area contributed by atoms with Gasteiger partial charge in [0.25, 0.3) is 0 Å². The van der Waals surface area contributed by atoms with Gasteiger partial charge in [0.2, 0.25) is 5.88 Å². The van der Waals surface area contributed by atoms with E-state index >= 15 is 0 Å². The molecule has 0 atom stereocenters. The van der Waals surface area contributed by atoms with Crippen LogP contribution in [0, 0.1) is 11.3 Å². The van der Waals surface area contributed by atoms with Gasteiger partial charge in [0.15, 0.2) is 5.75 Å². The van der Waals surface area contributed by atoms with Crippen molar-refractivity contribution in [1.29, 1.82) is 5.26 Å². The average Bonchev–Trinajstić information content (AvgIpc) is 2.36. The van der Waals surface area contributed by atoms with E-state index in [9.17, 15) is 0 Å². The molecule has 1 heterocycles. The Hall–Kier alpha value is -1.96. The Morgan fingerprint density at radius 1 is 1.22 bits per heavy atom. The summed E-state index contributed by atoms with van der Waals surface area (Å²) in [7, 11) is 0. The van der Waals surface area contributed by atoms with Crippen molar-refractivity contribution in [2.75, 3.05) is 5.73 Å². The van der Waals surface area contributed by atoms with Gasteiger partial charge in [0, 0.05) is 18.3 Å². The van der Waals surface area contributed by atoms with E-state index in [0.717, 1.165) is 0 Å². The van der Waals surface area contributed by atoms with Crippen LogP contribution in [-0.4, -0.2) is 4.98 Å². The van der Waals surface area contributed by atoms with Crippen molar-refractivity contribution in [3.63, 3.8) is 0 Å². The lowest BCUT2D eigenvalue weighted by Crippen LogP contribution is -1.94. The molecule has 1 aromatic heterocycles. The van der Waals surface area contributed by atoms with E-state index in [1.807, 2.05) is 6.07 Å². The zero-order chi connectivity index (χ0) is 13.1. The van der Waals surface area contributed by atoms with Gasteiger partial charge in [-0.25, -0.2) is 4.98 Å². The third kappa shape index (κ3) is 2.65. The third-order valence-corrected chi connectivity index (χ3v) is 2.85. The summed E-state index contributed by atoms with van der Waals surface area (Å²) in [6.07, 6.45) is 1.47. The highest BCUT2D eigenvalue weighted by Crippen LogP contribution is 2.34. The highest BCUT2D eigenvalue weighted by atomic mass is 35.5. The number of nitrogen functional groups attached to an aromatic ring is 1. The van der Waals surface area contributed by atoms with Gasteiger partial charge >= 0.3 is 0 Å². The summed E-state index contributed by atoms with van der Waals surface area (Å²) in [5.41, 5.74) is 6.53. The number of nitrogens with zero attached hydrogens (tertiary/aromatic N) is 2. The van der Waals surface area contributed by atoms with Gasteiger partial charge in [-0.05, 0) is 12.1 Å². The molecule has 0 radical (unpaired) electrons. The number of ether oxygens (including phenoxy) is 1. The molecule has 0 aliphatic heterocycles. The predicted octanol–water partition coefficient (Wildman–Crippen LogP) is 3.63. The fourth-order valence-electron chi connectivity index (χ4n) is 1.28. The maximum absolute atomic E-state index is 8.77.